The zero-order chi connectivity index (χ0) is 11.7. The summed E-state index contributed by atoms with van der Waals surface area (Å²) in [4.78, 5) is 10.8. The lowest BCUT2D eigenvalue weighted by Gasteiger charge is -2.18. The van der Waals surface area contributed by atoms with Crippen molar-refractivity contribution in [2.75, 3.05) is 13.2 Å². The van der Waals surface area contributed by atoms with Gasteiger partial charge in [-0.1, -0.05) is 0 Å². The molecule has 0 unspecified atom stereocenters. The molecule has 5 heteroatoms. The smallest absolute Gasteiger partial charge is 0.162 e. The summed E-state index contributed by atoms with van der Waals surface area (Å²) in [5.41, 5.74) is 2.08. The zero-order valence-corrected chi connectivity index (χ0v) is 8.97. The lowest BCUT2D eigenvalue weighted by Crippen LogP contribution is -2.15. The Labute approximate surface area is 97.4 Å². The maximum Gasteiger partial charge on any atom is 0.162 e. The van der Waals surface area contributed by atoms with Crippen LogP contribution in [0.4, 0.5) is 0 Å². The molecule has 0 saturated heterocycles. The van der Waals surface area contributed by atoms with E-state index in [1.807, 2.05) is 18.2 Å². The van der Waals surface area contributed by atoms with E-state index in [0.29, 0.717) is 30.2 Å². The van der Waals surface area contributed by atoms with Gasteiger partial charge in [-0.15, -0.1) is 0 Å². The van der Waals surface area contributed by atoms with Gasteiger partial charge in [0, 0.05) is 5.56 Å². The number of ether oxygens (including phenoxy) is 2. The highest BCUT2D eigenvalue weighted by Gasteiger charge is 2.14. The van der Waals surface area contributed by atoms with E-state index >= 15 is 0 Å². The molecule has 1 aliphatic heterocycles. The van der Waals surface area contributed by atoms with E-state index in [4.69, 9.17) is 9.47 Å². The van der Waals surface area contributed by atoms with Crippen LogP contribution < -0.4 is 9.47 Å². The van der Waals surface area contributed by atoms with E-state index in [0.717, 1.165) is 17.6 Å². The van der Waals surface area contributed by atoms with Gasteiger partial charge in [-0.05, 0) is 18.2 Å². The number of aldehydes is 1. The third-order valence-corrected chi connectivity index (χ3v) is 2.63. The molecule has 3 rings (SSSR count). The maximum absolute atomic E-state index is 10.8. The average Bonchev–Trinajstić information content (AvgIpc) is 2.86. The van der Waals surface area contributed by atoms with Gasteiger partial charge < -0.3 is 9.47 Å². The molecule has 0 amide bonds. The van der Waals surface area contributed by atoms with Crippen LogP contribution in [0.1, 0.15) is 10.4 Å². The molecule has 5 nitrogen and oxygen atoms in total. The number of nitrogens with zero attached hydrogens (tertiary/aromatic N) is 1. The lowest BCUT2D eigenvalue weighted by atomic mass is 10.1. The van der Waals surface area contributed by atoms with E-state index in [9.17, 15) is 4.79 Å². The van der Waals surface area contributed by atoms with Gasteiger partial charge in [0.25, 0.3) is 0 Å². The summed E-state index contributed by atoms with van der Waals surface area (Å²) in [5, 5.41) is 6.66. The number of H-pyrrole nitrogens is 1. The normalized spacial score (nSPS) is 13.4. The van der Waals surface area contributed by atoms with Crippen molar-refractivity contribution >= 4 is 6.29 Å². The largest absolute Gasteiger partial charge is 0.486 e. The number of hydrogen-bond acceptors (Lipinski definition) is 4. The molecule has 0 saturated carbocycles. The van der Waals surface area contributed by atoms with Crippen LogP contribution in [0, 0.1) is 0 Å². The van der Waals surface area contributed by atoms with Gasteiger partial charge in [0.05, 0.1) is 17.5 Å². The van der Waals surface area contributed by atoms with Crippen LogP contribution in [0.5, 0.6) is 11.5 Å². The Balaban J connectivity index is 2.07. The minimum absolute atomic E-state index is 0.529. The molecule has 2 aromatic rings. The van der Waals surface area contributed by atoms with Crippen molar-refractivity contribution in [2.24, 2.45) is 0 Å². The van der Waals surface area contributed by atoms with Crippen molar-refractivity contribution in [2.45, 2.75) is 0 Å². The number of carbonyl (C=O) groups excluding carboxylic acids is 1. The fourth-order valence-electron chi connectivity index (χ4n) is 1.81. The first-order chi connectivity index (χ1) is 8.38. The van der Waals surface area contributed by atoms with Gasteiger partial charge in [0.15, 0.2) is 17.8 Å². The standard InChI is InChI=1S/C12H10N2O3/c15-7-9-6-13-14-12(9)8-1-2-10-11(5-8)17-4-3-16-10/h1-2,5-7H,3-4H2,(H,13,14). The molecule has 1 N–H and O–H groups in total. The fourth-order valence-corrected chi connectivity index (χ4v) is 1.81. The maximum atomic E-state index is 10.8. The Kier molecular flexibility index (Phi) is 2.29. The Morgan fingerprint density at radius 3 is 2.88 bits per heavy atom. The number of fused-ring (bicyclic) bond motifs is 1. The predicted molar refractivity (Wildman–Crippen MR) is 60.4 cm³/mol. The van der Waals surface area contributed by atoms with Crippen LogP contribution in [-0.2, 0) is 0 Å². The molecule has 2 heterocycles. The first kappa shape index (κ1) is 9.89. The first-order valence-electron chi connectivity index (χ1n) is 5.27. The lowest BCUT2D eigenvalue weighted by molar-refractivity contribution is 0.112. The number of nitrogens with one attached hydrogen (secondary N) is 1. The molecule has 17 heavy (non-hydrogen) atoms. The van der Waals surface area contributed by atoms with Crippen LogP contribution in [0.25, 0.3) is 11.3 Å². The molecule has 0 aliphatic carbocycles. The number of aromatic amines is 1. The van der Waals surface area contributed by atoms with Crippen molar-refractivity contribution in [3.05, 3.63) is 30.0 Å². The molecule has 0 bridgehead atoms. The van der Waals surface area contributed by atoms with Crippen LogP contribution in [0.15, 0.2) is 24.4 Å². The first-order valence-corrected chi connectivity index (χ1v) is 5.27. The number of carbonyl (C=O) groups is 1. The van der Waals surface area contributed by atoms with E-state index in [2.05, 4.69) is 10.2 Å². The highest BCUT2D eigenvalue weighted by molar-refractivity contribution is 5.85. The monoisotopic (exact) mass is 230 g/mol. The number of hydrogen-bond donors (Lipinski definition) is 1. The SMILES string of the molecule is O=Cc1cn[nH]c1-c1ccc2c(c1)OCCO2. The molecule has 0 radical (unpaired) electrons. The summed E-state index contributed by atoms with van der Waals surface area (Å²) in [6.45, 7) is 1.11. The van der Waals surface area contributed by atoms with Crippen molar-refractivity contribution in [3.8, 4) is 22.8 Å². The molecule has 1 aromatic carbocycles. The average molecular weight is 230 g/mol. The van der Waals surface area contributed by atoms with Crippen molar-refractivity contribution in [3.63, 3.8) is 0 Å². The summed E-state index contributed by atoms with van der Waals surface area (Å²) in [7, 11) is 0. The Hall–Kier alpha value is -2.30. The Morgan fingerprint density at radius 1 is 1.24 bits per heavy atom. The van der Waals surface area contributed by atoms with Gasteiger partial charge in [-0.3, -0.25) is 9.89 Å². The number of aromatic nitrogens is 2. The van der Waals surface area contributed by atoms with Gasteiger partial charge in [0.1, 0.15) is 13.2 Å². The van der Waals surface area contributed by atoms with E-state index in [1.54, 1.807) is 0 Å². The quantitative estimate of drug-likeness (QED) is 0.797. The Morgan fingerprint density at radius 2 is 2.06 bits per heavy atom. The molecule has 0 atom stereocenters. The number of benzene rings is 1. The third kappa shape index (κ3) is 1.65. The van der Waals surface area contributed by atoms with Gasteiger partial charge in [-0.2, -0.15) is 5.10 Å². The van der Waals surface area contributed by atoms with Crippen molar-refractivity contribution in [1.82, 2.24) is 10.2 Å². The molecular weight excluding hydrogens is 220 g/mol. The minimum Gasteiger partial charge on any atom is -0.486 e. The number of rotatable bonds is 2. The highest BCUT2D eigenvalue weighted by atomic mass is 16.6. The Bertz CT molecular complexity index is 563. The summed E-state index contributed by atoms with van der Waals surface area (Å²) in [6, 6.07) is 5.54. The van der Waals surface area contributed by atoms with Gasteiger partial charge in [-0.25, -0.2) is 0 Å². The minimum atomic E-state index is 0.529. The summed E-state index contributed by atoms with van der Waals surface area (Å²) < 4.78 is 10.9. The van der Waals surface area contributed by atoms with E-state index in [1.165, 1.54) is 6.20 Å². The van der Waals surface area contributed by atoms with Crippen LogP contribution in [0.2, 0.25) is 0 Å². The molecule has 1 aromatic heterocycles. The van der Waals surface area contributed by atoms with Crippen molar-refractivity contribution in [1.29, 1.82) is 0 Å². The predicted octanol–water partition coefficient (Wildman–Crippen LogP) is 1.66. The molecule has 86 valence electrons. The van der Waals surface area contributed by atoms with Gasteiger partial charge >= 0.3 is 0 Å². The topological polar surface area (TPSA) is 64.2 Å². The second-order valence-corrected chi connectivity index (χ2v) is 3.68. The van der Waals surface area contributed by atoms with Crippen LogP contribution in [0.3, 0.4) is 0 Å². The zero-order valence-electron chi connectivity index (χ0n) is 8.97. The third-order valence-electron chi connectivity index (χ3n) is 2.63. The highest BCUT2D eigenvalue weighted by Crippen LogP contribution is 2.34. The summed E-state index contributed by atoms with van der Waals surface area (Å²) >= 11 is 0. The second-order valence-electron chi connectivity index (χ2n) is 3.68. The van der Waals surface area contributed by atoms with Gasteiger partial charge in [0.2, 0.25) is 0 Å². The molecule has 0 fully saturated rings. The molecule has 1 aliphatic rings. The fraction of sp³-hybridized carbons (Fsp3) is 0.167. The van der Waals surface area contributed by atoms with Crippen LogP contribution >= 0.6 is 0 Å². The molecule has 0 spiro atoms. The van der Waals surface area contributed by atoms with Crippen molar-refractivity contribution < 1.29 is 14.3 Å². The van der Waals surface area contributed by atoms with E-state index in [-0.39, 0.29) is 0 Å². The van der Waals surface area contributed by atoms with E-state index < -0.39 is 0 Å². The summed E-state index contributed by atoms with van der Waals surface area (Å²) in [6.07, 6.45) is 2.27. The second kappa shape index (κ2) is 3.93. The van der Waals surface area contributed by atoms with Crippen LogP contribution in [-0.4, -0.2) is 29.7 Å². The summed E-state index contributed by atoms with van der Waals surface area (Å²) in [5.74, 6) is 1.42. The molecular formula is C12H10N2O3.